The summed E-state index contributed by atoms with van der Waals surface area (Å²) in [5, 5.41) is 2.65. The molecule has 136 valence electrons. The lowest BCUT2D eigenvalue weighted by molar-refractivity contribution is -0.144. The molecule has 0 spiro atoms. The SMILES string of the molecule is CCOC(=O)CCC(=O)N[C@@H](CC#C[Si](C)(C)C(C)(C)C)C(N)=O. The first-order chi connectivity index (χ1) is 10.9. The third-order valence-electron chi connectivity index (χ3n) is 4.12. The molecule has 0 aliphatic carbocycles. The topological polar surface area (TPSA) is 98.5 Å². The second-order valence-electron chi connectivity index (χ2n) is 7.21. The van der Waals surface area contributed by atoms with Crippen molar-refractivity contribution >= 4 is 25.9 Å². The van der Waals surface area contributed by atoms with Gasteiger partial charge in [-0.15, -0.1) is 11.5 Å². The van der Waals surface area contributed by atoms with Crippen LogP contribution in [0.5, 0.6) is 0 Å². The van der Waals surface area contributed by atoms with Gasteiger partial charge < -0.3 is 15.8 Å². The zero-order valence-corrected chi connectivity index (χ0v) is 16.6. The average Bonchev–Trinajstić information content (AvgIpc) is 2.42. The molecule has 0 rings (SSSR count). The average molecular weight is 355 g/mol. The first kappa shape index (κ1) is 22.2. The Morgan fingerprint density at radius 2 is 1.79 bits per heavy atom. The van der Waals surface area contributed by atoms with Crippen LogP contribution in [0.25, 0.3) is 0 Å². The van der Waals surface area contributed by atoms with Crippen molar-refractivity contribution in [3.63, 3.8) is 0 Å². The molecule has 0 aromatic heterocycles. The van der Waals surface area contributed by atoms with E-state index in [4.69, 9.17) is 10.5 Å². The fourth-order valence-electron chi connectivity index (χ4n) is 1.50. The molecule has 0 aliphatic rings. The largest absolute Gasteiger partial charge is 0.466 e. The highest BCUT2D eigenvalue weighted by molar-refractivity contribution is 6.87. The third-order valence-corrected chi connectivity index (χ3v) is 8.67. The maximum absolute atomic E-state index is 11.8. The lowest BCUT2D eigenvalue weighted by Crippen LogP contribution is -2.44. The van der Waals surface area contributed by atoms with E-state index in [2.05, 4.69) is 50.6 Å². The van der Waals surface area contributed by atoms with Crippen LogP contribution in [0.4, 0.5) is 0 Å². The molecule has 0 saturated heterocycles. The molecule has 0 radical (unpaired) electrons. The zero-order valence-electron chi connectivity index (χ0n) is 15.6. The molecule has 7 heteroatoms. The van der Waals surface area contributed by atoms with E-state index in [0.29, 0.717) is 0 Å². The molecular weight excluding hydrogens is 324 g/mol. The van der Waals surface area contributed by atoms with Crippen molar-refractivity contribution in [2.75, 3.05) is 6.61 Å². The summed E-state index contributed by atoms with van der Waals surface area (Å²) in [7, 11) is -1.77. The Bertz CT molecular complexity index is 527. The van der Waals surface area contributed by atoms with Crippen LogP contribution in [0.15, 0.2) is 0 Å². The Morgan fingerprint density at radius 3 is 2.25 bits per heavy atom. The Hall–Kier alpha value is -1.81. The number of rotatable bonds is 7. The summed E-state index contributed by atoms with van der Waals surface area (Å²) in [6.07, 6.45) is 0.103. The maximum Gasteiger partial charge on any atom is 0.306 e. The molecule has 0 saturated carbocycles. The molecule has 0 aromatic carbocycles. The van der Waals surface area contributed by atoms with Gasteiger partial charge in [-0.1, -0.05) is 33.9 Å². The van der Waals surface area contributed by atoms with Crippen LogP contribution in [0.3, 0.4) is 0 Å². The van der Waals surface area contributed by atoms with Gasteiger partial charge in [0, 0.05) is 12.8 Å². The van der Waals surface area contributed by atoms with Gasteiger partial charge in [0.1, 0.15) is 14.1 Å². The second kappa shape index (κ2) is 9.47. The highest BCUT2D eigenvalue weighted by Gasteiger charge is 2.33. The molecular formula is C17H30N2O4Si. The number of carbonyl (C=O) groups excluding carboxylic acids is 3. The lowest BCUT2D eigenvalue weighted by atomic mass is 10.2. The van der Waals surface area contributed by atoms with Crippen LogP contribution in [-0.2, 0) is 19.1 Å². The Morgan fingerprint density at radius 1 is 1.21 bits per heavy atom. The minimum Gasteiger partial charge on any atom is -0.466 e. The fraction of sp³-hybridized carbons (Fsp3) is 0.706. The van der Waals surface area contributed by atoms with Gasteiger partial charge in [0.15, 0.2) is 0 Å². The number of esters is 1. The highest BCUT2D eigenvalue weighted by atomic mass is 28.3. The van der Waals surface area contributed by atoms with E-state index in [1.807, 2.05) is 0 Å². The number of nitrogens with one attached hydrogen (secondary N) is 1. The first-order valence-electron chi connectivity index (χ1n) is 8.15. The van der Waals surface area contributed by atoms with E-state index in [9.17, 15) is 14.4 Å². The molecule has 0 bridgehead atoms. The minimum absolute atomic E-state index is 0.0270. The predicted molar refractivity (Wildman–Crippen MR) is 96.6 cm³/mol. The van der Waals surface area contributed by atoms with Gasteiger partial charge >= 0.3 is 5.97 Å². The van der Waals surface area contributed by atoms with Crippen LogP contribution < -0.4 is 11.1 Å². The van der Waals surface area contributed by atoms with E-state index in [1.54, 1.807) is 6.92 Å². The number of hydrogen-bond acceptors (Lipinski definition) is 4. The summed E-state index contributed by atoms with van der Waals surface area (Å²) in [5.74, 6) is 1.51. The van der Waals surface area contributed by atoms with Crippen molar-refractivity contribution in [2.24, 2.45) is 5.73 Å². The Balaban J connectivity index is 4.66. The molecule has 0 aromatic rings. The van der Waals surface area contributed by atoms with Crippen molar-refractivity contribution in [1.29, 1.82) is 0 Å². The van der Waals surface area contributed by atoms with E-state index < -0.39 is 31.9 Å². The number of ether oxygens (including phenoxy) is 1. The predicted octanol–water partition coefficient (Wildman–Crippen LogP) is 1.74. The van der Waals surface area contributed by atoms with Crippen LogP contribution in [-0.4, -0.2) is 38.5 Å². The monoisotopic (exact) mass is 354 g/mol. The van der Waals surface area contributed by atoms with Gasteiger partial charge in [0.2, 0.25) is 11.8 Å². The molecule has 6 nitrogen and oxygen atoms in total. The molecule has 3 N–H and O–H groups in total. The fourth-order valence-corrected chi connectivity index (χ4v) is 2.42. The molecule has 0 aliphatic heterocycles. The van der Waals surface area contributed by atoms with Crippen LogP contribution in [0.2, 0.25) is 18.1 Å². The van der Waals surface area contributed by atoms with E-state index in [-0.39, 0.29) is 30.9 Å². The Kier molecular flexibility index (Phi) is 8.76. The van der Waals surface area contributed by atoms with Crippen LogP contribution in [0.1, 0.15) is 47.0 Å². The number of amides is 2. The van der Waals surface area contributed by atoms with E-state index in [1.165, 1.54) is 0 Å². The molecule has 2 amide bonds. The van der Waals surface area contributed by atoms with Crippen molar-refractivity contribution in [1.82, 2.24) is 5.32 Å². The normalized spacial score (nSPS) is 12.6. The van der Waals surface area contributed by atoms with Crippen LogP contribution >= 0.6 is 0 Å². The zero-order chi connectivity index (χ0) is 19.0. The number of primary amides is 1. The van der Waals surface area contributed by atoms with E-state index in [0.717, 1.165) is 0 Å². The highest BCUT2D eigenvalue weighted by Crippen LogP contribution is 2.35. The van der Waals surface area contributed by atoms with Gasteiger partial charge in [0.05, 0.1) is 13.0 Å². The summed E-state index contributed by atoms with van der Waals surface area (Å²) in [4.78, 5) is 34.5. The molecule has 0 fully saturated rings. The first-order valence-corrected chi connectivity index (χ1v) is 11.1. The summed E-state index contributed by atoms with van der Waals surface area (Å²) < 4.78 is 4.75. The van der Waals surface area contributed by atoms with Gasteiger partial charge in [-0.05, 0) is 12.0 Å². The van der Waals surface area contributed by atoms with Gasteiger partial charge in [-0.25, -0.2) is 0 Å². The summed E-state index contributed by atoms with van der Waals surface area (Å²) in [6, 6.07) is -0.850. The van der Waals surface area contributed by atoms with Crippen molar-refractivity contribution in [2.45, 2.75) is 71.1 Å². The molecule has 0 unspecified atom stereocenters. The number of hydrogen-bond donors (Lipinski definition) is 2. The summed E-state index contributed by atoms with van der Waals surface area (Å²) in [6.45, 7) is 12.7. The Labute approximate surface area is 145 Å². The molecule has 24 heavy (non-hydrogen) atoms. The van der Waals surface area contributed by atoms with Crippen molar-refractivity contribution in [3.05, 3.63) is 0 Å². The number of carbonyl (C=O) groups is 3. The number of nitrogens with two attached hydrogens (primary N) is 1. The minimum atomic E-state index is -1.77. The molecule has 1 atom stereocenters. The quantitative estimate of drug-likeness (QED) is 0.413. The van der Waals surface area contributed by atoms with E-state index >= 15 is 0 Å². The summed E-state index contributed by atoms with van der Waals surface area (Å²) >= 11 is 0. The third kappa shape index (κ3) is 8.16. The lowest BCUT2D eigenvalue weighted by Gasteiger charge is -2.31. The van der Waals surface area contributed by atoms with Crippen LogP contribution in [0, 0.1) is 11.5 Å². The maximum atomic E-state index is 11.8. The van der Waals surface area contributed by atoms with Crippen molar-refractivity contribution < 1.29 is 19.1 Å². The summed E-state index contributed by atoms with van der Waals surface area (Å²) in [5.41, 5.74) is 8.60. The second-order valence-corrected chi connectivity index (χ2v) is 12.2. The van der Waals surface area contributed by atoms with Crippen molar-refractivity contribution in [3.8, 4) is 11.5 Å². The molecule has 0 heterocycles. The van der Waals surface area contributed by atoms with Gasteiger partial charge in [0.25, 0.3) is 0 Å². The van der Waals surface area contributed by atoms with Gasteiger partial charge in [-0.3, -0.25) is 14.4 Å². The standard InChI is InChI=1S/C17H30N2O4Si/c1-7-23-15(21)11-10-14(20)19-13(16(18)22)9-8-12-24(5,6)17(2,3)4/h13H,7,9-11H2,1-6H3,(H2,18,22)(H,19,20)/t13-/m0/s1. The smallest absolute Gasteiger partial charge is 0.306 e. The van der Waals surface area contributed by atoms with Gasteiger partial charge in [-0.2, -0.15) is 0 Å².